The van der Waals surface area contributed by atoms with E-state index in [4.69, 9.17) is 26.8 Å². The molecular weight excluding hydrogens is 266 g/mol. The molecule has 100 valence electrons. The zero-order chi connectivity index (χ0) is 13.7. The first kappa shape index (κ1) is 13.6. The molecule has 1 aromatic carbocycles. The first-order chi connectivity index (χ1) is 9.17. The number of nitrogens with two attached hydrogens (primary N) is 1. The summed E-state index contributed by atoms with van der Waals surface area (Å²) in [5.74, 6) is 1.26. The molecule has 0 saturated heterocycles. The Labute approximate surface area is 116 Å². The van der Waals surface area contributed by atoms with Crippen molar-refractivity contribution in [1.82, 2.24) is 9.97 Å². The lowest BCUT2D eigenvalue weighted by Gasteiger charge is -2.08. The van der Waals surface area contributed by atoms with Crippen LogP contribution in [0, 0.1) is 0 Å². The molecule has 2 rings (SSSR count). The van der Waals surface area contributed by atoms with Crippen LogP contribution in [0.3, 0.4) is 0 Å². The number of hydrogen-bond acceptors (Lipinski definition) is 5. The van der Waals surface area contributed by atoms with E-state index in [0.29, 0.717) is 35.8 Å². The van der Waals surface area contributed by atoms with Crippen LogP contribution in [0.2, 0.25) is 5.02 Å². The van der Waals surface area contributed by atoms with Crippen LogP contribution in [0.5, 0.6) is 5.88 Å². The van der Waals surface area contributed by atoms with Gasteiger partial charge in [-0.25, -0.2) is 4.98 Å². The monoisotopic (exact) mass is 279 g/mol. The molecule has 0 bridgehead atoms. The summed E-state index contributed by atoms with van der Waals surface area (Å²) in [4.78, 5) is 8.22. The molecule has 0 atom stereocenters. The van der Waals surface area contributed by atoms with Gasteiger partial charge in [0.2, 0.25) is 5.88 Å². The highest BCUT2D eigenvalue weighted by molar-refractivity contribution is 6.30. The maximum Gasteiger partial charge on any atom is 0.219 e. The van der Waals surface area contributed by atoms with Gasteiger partial charge in [-0.05, 0) is 17.7 Å². The van der Waals surface area contributed by atoms with Crippen molar-refractivity contribution in [2.24, 2.45) is 0 Å². The number of nitrogen functional groups attached to an aromatic ring is 1. The lowest BCUT2D eigenvalue weighted by molar-refractivity contribution is 0.176. The van der Waals surface area contributed by atoms with E-state index in [1.54, 1.807) is 13.2 Å². The van der Waals surface area contributed by atoms with Gasteiger partial charge in [-0.2, -0.15) is 4.98 Å². The fraction of sp³-hybridized carbons (Fsp3) is 0.231. The minimum absolute atomic E-state index is 0.290. The van der Waals surface area contributed by atoms with Crippen molar-refractivity contribution >= 4 is 17.4 Å². The van der Waals surface area contributed by atoms with Crippen molar-refractivity contribution in [3.8, 4) is 5.88 Å². The molecule has 0 saturated carbocycles. The number of ether oxygens (including phenoxy) is 2. The molecular formula is C13H14ClN3O2. The van der Waals surface area contributed by atoms with Crippen molar-refractivity contribution in [2.45, 2.75) is 13.2 Å². The topological polar surface area (TPSA) is 70.3 Å². The highest BCUT2D eigenvalue weighted by atomic mass is 35.5. The lowest BCUT2D eigenvalue weighted by Crippen LogP contribution is -2.04. The molecule has 6 heteroatoms. The molecule has 0 fully saturated rings. The van der Waals surface area contributed by atoms with Crippen LogP contribution in [0.25, 0.3) is 0 Å². The van der Waals surface area contributed by atoms with E-state index in [9.17, 15) is 0 Å². The van der Waals surface area contributed by atoms with Crippen LogP contribution in [0.4, 0.5) is 5.82 Å². The summed E-state index contributed by atoms with van der Waals surface area (Å²) < 4.78 is 10.5. The molecule has 0 amide bonds. The summed E-state index contributed by atoms with van der Waals surface area (Å²) in [6, 6.07) is 9.01. The first-order valence-electron chi connectivity index (χ1n) is 5.67. The highest BCUT2D eigenvalue weighted by Gasteiger charge is 2.04. The van der Waals surface area contributed by atoms with E-state index >= 15 is 0 Å². The molecule has 1 heterocycles. The largest absolute Gasteiger partial charge is 0.473 e. The second kappa shape index (κ2) is 6.36. The molecule has 0 aliphatic carbocycles. The molecule has 2 aromatic rings. The summed E-state index contributed by atoms with van der Waals surface area (Å²) in [6.45, 7) is 0.655. The van der Waals surface area contributed by atoms with Crippen molar-refractivity contribution in [3.05, 3.63) is 46.7 Å². The summed E-state index contributed by atoms with van der Waals surface area (Å²) >= 11 is 5.90. The average Bonchev–Trinajstić information content (AvgIpc) is 2.36. The number of hydrogen-bond donors (Lipinski definition) is 1. The molecule has 0 radical (unpaired) electrons. The van der Waals surface area contributed by atoms with Gasteiger partial charge in [0.25, 0.3) is 0 Å². The molecule has 0 aliphatic rings. The average molecular weight is 280 g/mol. The van der Waals surface area contributed by atoms with Crippen molar-refractivity contribution < 1.29 is 9.47 Å². The zero-order valence-electron chi connectivity index (χ0n) is 10.5. The molecule has 5 nitrogen and oxygen atoms in total. The van der Waals surface area contributed by atoms with Crippen LogP contribution in [0.1, 0.15) is 11.4 Å². The minimum atomic E-state index is 0.290. The van der Waals surface area contributed by atoms with Gasteiger partial charge in [-0.3, -0.25) is 0 Å². The van der Waals surface area contributed by atoms with E-state index in [0.717, 1.165) is 5.56 Å². The zero-order valence-corrected chi connectivity index (χ0v) is 11.2. The predicted molar refractivity (Wildman–Crippen MR) is 72.9 cm³/mol. The Bertz CT molecular complexity index is 563. The smallest absolute Gasteiger partial charge is 0.219 e. The van der Waals surface area contributed by atoms with Gasteiger partial charge in [0.1, 0.15) is 19.0 Å². The second-order valence-corrected chi connectivity index (χ2v) is 4.34. The molecule has 19 heavy (non-hydrogen) atoms. The normalized spacial score (nSPS) is 10.4. The molecule has 1 aromatic heterocycles. The van der Waals surface area contributed by atoms with E-state index in [1.165, 1.54) is 0 Å². The van der Waals surface area contributed by atoms with Gasteiger partial charge in [-0.1, -0.05) is 23.7 Å². The molecule has 2 N–H and O–H groups in total. The quantitative estimate of drug-likeness (QED) is 0.910. The van der Waals surface area contributed by atoms with E-state index in [1.807, 2.05) is 24.3 Å². The number of benzene rings is 1. The Morgan fingerprint density at radius 3 is 2.79 bits per heavy atom. The van der Waals surface area contributed by atoms with Crippen molar-refractivity contribution in [3.63, 3.8) is 0 Å². The number of rotatable bonds is 5. The lowest BCUT2D eigenvalue weighted by atomic mass is 10.2. The van der Waals surface area contributed by atoms with Crippen LogP contribution in [-0.4, -0.2) is 17.1 Å². The van der Waals surface area contributed by atoms with Crippen molar-refractivity contribution in [1.29, 1.82) is 0 Å². The Morgan fingerprint density at radius 1 is 1.21 bits per heavy atom. The van der Waals surface area contributed by atoms with Gasteiger partial charge >= 0.3 is 0 Å². The Hall–Kier alpha value is -1.85. The third-order valence-corrected chi connectivity index (χ3v) is 2.55. The molecule has 0 spiro atoms. The Kier molecular flexibility index (Phi) is 4.54. The third kappa shape index (κ3) is 4.08. The summed E-state index contributed by atoms with van der Waals surface area (Å²) in [7, 11) is 1.57. The number of methoxy groups -OCH3 is 1. The number of halogens is 1. The van der Waals surface area contributed by atoms with Crippen LogP contribution < -0.4 is 10.5 Å². The van der Waals surface area contributed by atoms with Gasteiger partial charge in [0.15, 0.2) is 5.82 Å². The predicted octanol–water partition coefficient (Wildman–Crippen LogP) is 2.44. The molecule has 0 aliphatic heterocycles. The van der Waals surface area contributed by atoms with Gasteiger partial charge in [0, 0.05) is 18.2 Å². The Balaban J connectivity index is 2.06. The minimum Gasteiger partial charge on any atom is -0.473 e. The van der Waals surface area contributed by atoms with Gasteiger partial charge in [0.05, 0.1) is 0 Å². The summed E-state index contributed by atoms with van der Waals surface area (Å²) in [5, 5.41) is 0.670. The van der Waals surface area contributed by atoms with E-state index in [-0.39, 0.29) is 0 Å². The van der Waals surface area contributed by atoms with Gasteiger partial charge in [-0.15, -0.1) is 0 Å². The first-order valence-corrected chi connectivity index (χ1v) is 6.05. The summed E-state index contributed by atoms with van der Waals surface area (Å²) in [5.41, 5.74) is 6.63. The van der Waals surface area contributed by atoms with Crippen molar-refractivity contribution in [2.75, 3.05) is 12.8 Å². The van der Waals surface area contributed by atoms with Crippen LogP contribution in [-0.2, 0) is 18.0 Å². The SMILES string of the molecule is COCc1nc(N)cc(OCc2cccc(Cl)c2)n1. The summed E-state index contributed by atoms with van der Waals surface area (Å²) in [6.07, 6.45) is 0. The highest BCUT2D eigenvalue weighted by Crippen LogP contribution is 2.15. The fourth-order valence-corrected chi connectivity index (χ4v) is 1.76. The number of nitrogens with zero attached hydrogens (tertiary/aromatic N) is 2. The standard InChI is InChI=1S/C13H14ClN3O2/c1-18-8-12-16-11(15)6-13(17-12)19-7-9-3-2-4-10(14)5-9/h2-6H,7-8H2,1H3,(H2,15,16,17). The Morgan fingerprint density at radius 2 is 2.05 bits per heavy atom. The fourth-order valence-electron chi connectivity index (χ4n) is 1.54. The second-order valence-electron chi connectivity index (χ2n) is 3.90. The van der Waals surface area contributed by atoms with E-state index in [2.05, 4.69) is 9.97 Å². The van der Waals surface area contributed by atoms with E-state index < -0.39 is 0 Å². The molecule has 0 unspecified atom stereocenters. The third-order valence-electron chi connectivity index (χ3n) is 2.32. The maximum absolute atomic E-state index is 5.90. The van der Waals surface area contributed by atoms with Crippen LogP contribution >= 0.6 is 11.6 Å². The van der Waals surface area contributed by atoms with Crippen LogP contribution in [0.15, 0.2) is 30.3 Å². The van der Waals surface area contributed by atoms with Gasteiger partial charge < -0.3 is 15.2 Å². The number of aromatic nitrogens is 2. The maximum atomic E-state index is 5.90. The number of anilines is 1.